The Labute approximate surface area is 183 Å². The normalized spacial score (nSPS) is 15.4. The van der Waals surface area contributed by atoms with Crippen molar-refractivity contribution in [3.05, 3.63) is 33.3 Å². The second-order valence-electron chi connectivity index (χ2n) is 6.09. The van der Waals surface area contributed by atoms with Gasteiger partial charge in [0.2, 0.25) is 12.9 Å². The maximum atomic E-state index is 13.4. The molecule has 0 saturated carbocycles. The van der Waals surface area contributed by atoms with Gasteiger partial charge in [-0.1, -0.05) is 15.9 Å². The second-order valence-corrected chi connectivity index (χ2v) is 7.01. The minimum Gasteiger partial charge on any atom is -0.475 e. The van der Waals surface area contributed by atoms with Gasteiger partial charge in [0.1, 0.15) is 12.4 Å². The fraction of sp³-hybridized carbons (Fsp3) is 0.444. The van der Waals surface area contributed by atoms with E-state index in [9.17, 15) is 22.8 Å². The summed E-state index contributed by atoms with van der Waals surface area (Å²) in [5, 5.41) is 8.33. The third kappa shape index (κ3) is 7.38. The van der Waals surface area contributed by atoms with Gasteiger partial charge in [0, 0.05) is 16.6 Å². The first-order valence-corrected chi connectivity index (χ1v) is 9.59. The fourth-order valence-corrected chi connectivity index (χ4v) is 3.11. The van der Waals surface area contributed by atoms with Crippen LogP contribution in [0, 0.1) is 6.92 Å². The Morgan fingerprint density at radius 1 is 1.19 bits per heavy atom. The molecule has 0 aliphatic carbocycles. The molecule has 2 rings (SSSR count). The third-order valence-corrected chi connectivity index (χ3v) is 4.26. The van der Waals surface area contributed by atoms with Crippen LogP contribution in [0.2, 0.25) is 0 Å². The molecule has 0 spiro atoms. The largest absolute Gasteiger partial charge is 0.511 e. The summed E-state index contributed by atoms with van der Waals surface area (Å²) in [6.45, 7) is 0.797. The van der Waals surface area contributed by atoms with Gasteiger partial charge in [-0.3, -0.25) is 0 Å². The first-order chi connectivity index (χ1) is 14.6. The number of ether oxygens (including phenoxy) is 5. The molecule has 0 saturated heterocycles. The molecule has 1 unspecified atom stereocenters. The molecule has 172 valence electrons. The summed E-state index contributed by atoms with van der Waals surface area (Å²) in [6, 6.07) is 3.08. The Morgan fingerprint density at radius 2 is 1.94 bits per heavy atom. The summed E-state index contributed by atoms with van der Waals surface area (Å²) >= 11 is 3.23. The highest BCUT2D eigenvalue weighted by molar-refractivity contribution is 9.10. The van der Waals surface area contributed by atoms with E-state index in [1.807, 2.05) is 5.48 Å². The maximum absolute atomic E-state index is 13.4. The standard InChI is InChI=1S/C18H19BrF3NO8/c1-10-6-12(19)7-11-8-13(15(18(20,21)22)31-14(10)11)16(24)29-9-30-17(25)28-5-4-27-3-2-23-26/h6-8,15,23,26H,2-5,9H2,1H3. The number of aryl methyl sites for hydroxylation is 1. The Bertz CT molecular complexity index is 831. The molecule has 0 radical (unpaired) electrons. The molecule has 0 amide bonds. The first-order valence-electron chi connectivity index (χ1n) is 8.80. The van der Waals surface area contributed by atoms with Crippen molar-refractivity contribution in [2.24, 2.45) is 0 Å². The molecular formula is C18H19BrF3NO8. The Hall–Kier alpha value is -2.35. The summed E-state index contributed by atoms with van der Waals surface area (Å²) in [5.41, 5.74) is 1.78. The van der Waals surface area contributed by atoms with Crippen LogP contribution in [0.1, 0.15) is 11.1 Å². The van der Waals surface area contributed by atoms with Crippen LogP contribution >= 0.6 is 15.9 Å². The molecule has 0 fully saturated rings. The maximum Gasteiger partial charge on any atom is 0.511 e. The van der Waals surface area contributed by atoms with E-state index in [1.165, 1.54) is 6.07 Å². The monoisotopic (exact) mass is 513 g/mol. The van der Waals surface area contributed by atoms with Crippen molar-refractivity contribution in [1.29, 1.82) is 0 Å². The second kappa shape index (κ2) is 11.3. The van der Waals surface area contributed by atoms with Gasteiger partial charge in [0.15, 0.2) is 0 Å². The number of hydrogen-bond donors (Lipinski definition) is 2. The molecule has 1 heterocycles. The number of fused-ring (bicyclic) bond motifs is 1. The number of alkyl halides is 3. The number of hydroxylamine groups is 1. The highest BCUT2D eigenvalue weighted by atomic mass is 79.9. The minimum atomic E-state index is -4.88. The molecule has 1 aromatic carbocycles. The zero-order valence-corrected chi connectivity index (χ0v) is 17.7. The van der Waals surface area contributed by atoms with Crippen LogP contribution in [-0.2, 0) is 23.7 Å². The molecule has 1 aliphatic heterocycles. The minimum absolute atomic E-state index is 0.00103. The van der Waals surface area contributed by atoms with Crippen molar-refractivity contribution < 1.29 is 51.7 Å². The molecular weight excluding hydrogens is 495 g/mol. The predicted molar refractivity (Wildman–Crippen MR) is 101 cm³/mol. The van der Waals surface area contributed by atoms with E-state index >= 15 is 0 Å². The van der Waals surface area contributed by atoms with Crippen molar-refractivity contribution in [3.8, 4) is 5.75 Å². The molecule has 9 nitrogen and oxygen atoms in total. The molecule has 13 heteroatoms. The lowest BCUT2D eigenvalue weighted by atomic mass is 9.99. The topological polar surface area (TPSA) is 113 Å². The molecule has 31 heavy (non-hydrogen) atoms. The van der Waals surface area contributed by atoms with E-state index in [-0.39, 0.29) is 37.7 Å². The van der Waals surface area contributed by atoms with Gasteiger partial charge in [-0.25, -0.2) is 15.1 Å². The summed E-state index contributed by atoms with van der Waals surface area (Å²) in [6.07, 6.45) is -7.60. The van der Waals surface area contributed by atoms with Gasteiger partial charge in [-0.15, -0.1) is 0 Å². The van der Waals surface area contributed by atoms with Crippen LogP contribution in [-0.4, -0.2) is 62.8 Å². The lowest BCUT2D eigenvalue weighted by molar-refractivity contribution is -0.189. The van der Waals surface area contributed by atoms with Crippen molar-refractivity contribution in [2.75, 3.05) is 33.2 Å². The highest BCUT2D eigenvalue weighted by Gasteiger charge is 2.49. The number of benzene rings is 1. The van der Waals surface area contributed by atoms with Crippen LogP contribution in [0.3, 0.4) is 0 Å². The zero-order valence-electron chi connectivity index (χ0n) is 16.2. The van der Waals surface area contributed by atoms with E-state index in [0.717, 1.165) is 6.08 Å². The Morgan fingerprint density at radius 3 is 2.61 bits per heavy atom. The van der Waals surface area contributed by atoms with Crippen LogP contribution < -0.4 is 10.2 Å². The molecule has 1 atom stereocenters. The van der Waals surface area contributed by atoms with Gasteiger partial charge >= 0.3 is 18.3 Å². The SMILES string of the molecule is Cc1cc(Br)cc2c1OC(C(F)(F)F)C(C(=O)OCOC(=O)OCCOCCNO)=C2. The zero-order chi connectivity index (χ0) is 23.0. The molecule has 0 bridgehead atoms. The smallest absolute Gasteiger partial charge is 0.475 e. The molecule has 2 N–H and O–H groups in total. The summed E-state index contributed by atoms with van der Waals surface area (Å²) < 4.78 is 64.7. The quantitative estimate of drug-likeness (QED) is 0.222. The van der Waals surface area contributed by atoms with Crippen LogP contribution in [0.15, 0.2) is 22.2 Å². The van der Waals surface area contributed by atoms with Crippen LogP contribution in [0.25, 0.3) is 6.08 Å². The summed E-state index contributed by atoms with van der Waals surface area (Å²) in [4.78, 5) is 23.6. The first kappa shape index (κ1) is 24.9. The van der Waals surface area contributed by atoms with Gasteiger partial charge in [0.25, 0.3) is 0 Å². The van der Waals surface area contributed by atoms with Gasteiger partial charge < -0.3 is 28.9 Å². The molecule has 1 aromatic rings. The number of carbonyl (C=O) groups excluding carboxylic acids is 2. The number of halogens is 4. The van der Waals surface area contributed by atoms with E-state index in [4.69, 9.17) is 14.7 Å². The van der Waals surface area contributed by atoms with Crippen molar-refractivity contribution in [1.82, 2.24) is 5.48 Å². The van der Waals surface area contributed by atoms with Gasteiger partial charge in [-0.2, -0.15) is 13.2 Å². The van der Waals surface area contributed by atoms with E-state index in [1.54, 1.807) is 13.0 Å². The number of hydrogen-bond acceptors (Lipinski definition) is 9. The van der Waals surface area contributed by atoms with E-state index in [2.05, 4.69) is 30.1 Å². The van der Waals surface area contributed by atoms with Crippen molar-refractivity contribution in [3.63, 3.8) is 0 Å². The van der Waals surface area contributed by atoms with Crippen LogP contribution in [0.4, 0.5) is 18.0 Å². The Kier molecular flexibility index (Phi) is 9.10. The highest BCUT2D eigenvalue weighted by Crippen LogP contribution is 2.40. The number of rotatable bonds is 9. The Balaban J connectivity index is 1.94. The lowest BCUT2D eigenvalue weighted by Gasteiger charge is -2.28. The van der Waals surface area contributed by atoms with Crippen molar-refractivity contribution >= 4 is 34.1 Å². The summed E-state index contributed by atoms with van der Waals surface area (Å²) in [7, 11) is 0. The molecule has 1 aliphatic rings. The third-order valence-electron chi connectivity index (χ3n) is 3.80. The van der Waals surface area contributed by atoms with E-state index < -0.39 is 36.8 Å². The average Bonchev–Trinajstić information content (AvgIpc) is 2.68. The number of carbonyl (C=O) groups is 2. The van der Waals surface area contributed by atoms with Crippen LogP contribution in [0.5, 0.6) is 5.75 Å². The lowest BCUT2D eigenvalue weighted by Crippen LogP contribution is -2.41. The molecule has 0 aromatic heterocycles. The number of nitrogens with one attached hydrogen (secondary N) is 1. The fourth-order valence-electron chi connectivity index (χ4n) is 2.52. The number of esters is 1. The predicted octanol–water partition coefficient (Wildman–Crippen LogP) is 3.11. The van der Waals surface area contributed by atoms with Crippen molar-refractivity contribution in [2.45, 2.75) is 19.2 Å². The average molecular weight is 514 g/mol. The van der Waals surface area contributed by atoms with Gasteiger partial charge in [-0.05, 0) is 30.7 Å². The van der Waals surface area contributed by atoms with E-state index in [0.29, 0.717) is 10.0 Å². The van der Waals surface area contributed by atoms with Gasteiger partial charge in [0.05, 0.1) is 18.8 Å². The summed E-state index contributed by atoms with van der Waals surface area (Å²) in [5.74, 6) is -1.36.